The Kier molecular flexibility index (Phi) is 6.26. The van der Waals surface area contributed by atoms with Crippen molar-refractivity contribution in [3.63, 3.8) is 0 Å². The van der Waals surface area contributed by atoms with E-state index in [1.165, 1.54) is 26.0 Å². The number of carbonyl (C=O) groups excluding carboxylic acids is 1. The number of carboxylic acid groups (broad SMARTS) is 1. The first-order valence-electron chi connectivity index (χ1n) is 6.42. The summed E-state index contributed by atoms with van der Waals surface area (Å²) in [4.78, 5) is 23.3. The van der Waals surface area contributed by atoms with Crippen molar-refractivity contribution in [3.05, 3.63) is 46.5 Å². The van der Waals surface area contributed by atoms with Crippen LogP contribution in [-0.2, 0) is 9.53 Å². The highest BCUT2D eigenvalue weighted by Crippen LogP contribution is 2.36. The van der Waals surface area contributed by atoms with Crippen LogP contribution in [0.25, 0.3) is 0 Å². The Morgan fingerprint density at radius 3 is 2.36 bits per heavy atom. The van der Waals surface area contributed by atoms with Gasteiger partial charge in [0.15, 0.2) is 0 Å². The van der Waals surface area contributed by atoms with Crippen molar-refractivity contribution >= 4 is 35.3 Å². The van der Waals surface area contributed by atoms with Gasteiger partial charge in [0.1, 0.15) is 6.61 Å². The number of amides is 1. The second-order valence-electron chi connectivity index (χ2n) is 5.19. The molecule has 0 saturated carbocycles. The molecule has 0 aliphatic rings. The molecule has 1 aromatic carbocycles. The van der Waals surface area contributed by atoms with Crippen molar-refractivity contribution in [3.8, 4) is 0 Å². The molecule has 0 bridgehead atoms. The maximum atomic E-state index is 11.8. The van der Waals surface area contributed by atoms with Gasteiger partial charge in [0, 0.05) is 10.0 Å². The highest BCUT2D eigenvalue weighted by molar-refractivity contribution is 6.34. The van der Waals surface area contributed by atoms with Crippen LogP contribution < -0.4 is 5.32 Å². The van der Waals surface area contributed by atoms with Gasteiger partial charge in [0.05, 0.1) is 11.5 Å². The summed E-state index contributed by atoms with van der Waals surface area (Å²) in [6.07, 6.45) is 0.656. The third-order valence-corrected chi connectivity index (χ3v) is 3.52. The molecule has 7 heteroatoms. The van der Waals surface area contributed by atoms with Gasteiger partial charge in [-0.25, -0.2) is 4.79 Å². The lowest BCUT2D eigenvalue weighted by molar-refractivity contribution is -0.148. The Labute approximate surface area is 138 Å². The lowest BCUT2D eigenvalue weighted by Crippen LogP contribution is -2.42. The second kappa shape index (κ2) is 7.51. The molecule has 1 rings (SSSR count). The topological polar surface area (TPSA) is 75.6 Å². The van der Waals surface area contributed by atoms with Crippen molar-refractivity contribution < 1.29 is 19.4 Å². The van der Waals surface area contributed by atoms with Gasteiger partial charge in [-0.2, -0.15) is 0 Å². The molecule has 0 spiro atoms. The SMILES string of the molecule is C=CCOC(=O)NC(c1cc(Cl)cc(Cl)c1)C(C)(C)C(=O)O. The molecule has 22 heavy (non-hydrogen) atoms. The van der Waals surface area contributed by atoms with Crippen LogP contribution in [0.3, 0.4) is 0 Å². The standard InChI is InChI=1S/C15H17Cl2NO4/c1-4-5-22-14(21)18-12(15(2,3)13(19)20)9-6-10(16)8-11(17)7-9/h4,6-8,12H,1,5H2,2-3H3,(H,18,21)(H,19,20). The van der Waals surface area contributed by atoms with E-state index in [0.717, 1.165) is 0 Å². The van der Waals surface area contributed by atoms with Crippen LogP contribution in [0.5, 0.6) is 0 Å². The minimum absolute atomic E-state index is 0.0162. The van der Waals surface area contributed by atoms with E-state index in [-0.39, 0.29) is 6.61 Å². The molecule has 1 atom stereocenters. The molecule has 0 fully saturated rings. The van der Waals surface area contributed by atoms with Crippen LogP contribution in [0.1, 0.15) is 25.5 Å². The molecule has 2 N–H and O–H groups in total. The maximum absolute atomic E-state index is 11.8. The number of carboxylic acids is 1. The number of hydrogen-bond acceptors (Lipinski definition) is 3. The summed E-state index contributed by atoms with van der Waals surface area (Å²) in [7, 11) is 0. The molecule has 0 aromatic heterocycles. The second-order valence-corrected chi connectivity index (χ2v) is 6.07. The normalized spacial score (nSPS) is 12.4. The highest BCUT2D eigenvalue weighted by Gasteiger charge is 2.39. The summed E-state index contributed by atoms with van der Waals surface area (Å²) in [5.41, 5.74) is -0.832. The third kappa shape index (κ3) is 4.64. The Balaban J connectivity index is 3.19. The average molecular weight is 346 g/mol. The van der Waals surface area contributed by atoms with Crippen LogP contribution in [0, 0.1) is 5.41 Å². The number of carbonyl (C=O) groups is 2. The monoisotopic (exact) mass is 345 g/mol. The van der Waals surface area contributed by atoms with E-state index in [1.54, 1.807) is 12.1 Å². The van der Waals surface area contributed by atoms with E-state index < -0.39 is 23.5 Å². The van der Waals surface area contributed by atoms with Crippen LogP contribution in [0.2, 0.25) is 10.0 Å². The van der Waals surface area contributed by atoms with Gasteiger partial charge in [-0.05, 0) is 37.6 Å². The number of benzene rings is 1. The molecule has 5 nitrogen and oxygen atoms in total. The zero-order valence-corrected chi connectivity index (χ0v) is 13.7. The summed E-state index contributed by atoms with van der Waals surface area (Å²) < 4.78 is 4.85. The fraction of sp³-hybridized carbons (Fsp3) is 0.333. The van der Waals surface area contributed by atoms with Gasteiger partial charge in [-0.3, -0.25) is 4.79 Å². The molecule has 0 heterocycles. The van der Waals surface area contributed by atoms with Crippen LogP contribution in [0.15, 0.2) is 30.9 Å². The van der Waals surface area contributed by atoms with Crippen molar-refractivity contribution in [1.29, 1.82) is 0 Å². The van der Waals surface area contributed by atoms with Gasteiger partial charge in [0.2, 0.25) is 0 Å². The third-order valence-electron chi connectivity index (χ3n) is 3.09. The van der Waals surface area contributed by atoms with Crippen LogP contribution in [-0.4, -0.2) is 23.8 Å². The first-order valence-corrected chi connectivity index (χ1v) is 7.17. The number of rotatable bonds is 6. The van der Waals surface area contributed by atoms with Gasteiger partial charge in [0.25, 0.3) is 0 Å². The summed E-state index contributed by atoms with van der Waals surface area (Å²) in [6, 6.07) is 3.75. The number of halogens is 2. The Bertz CT molecular complexity index is 567. The fourth-order valence-corrected chi connectivity index (χ4v) is 2.38. The molecular weight excluding hydrogens is 329 g/mol. The van der Waals surface area contributed by atoms with Gasteiger partial charge in [-0.15, -0.1) is 0 Å². The van der Waals surface area contributed by atoms with E-state index in [1.807, 2.05) is 0 Å². The van der Waals surface area contributed by atoms with E-state index in [2.05, 4.69) is 11.9 Å². The summed E-state index contributed by atoms with van der Waals surface area (Å²) in [5.74, 6) is -1.09. The average Bonchev–Trinajstić information content (AvgIpc) is 2.40. The van der Waals surface area contributed by atoms with E-state index >= 15 is 0 Å². The van der Waals surface area contributed by atoms with Crippen molar-refractivity contribution in [1.82, 2.24) is 5.32 Å². The van der Waals surface area contributed by atoms with Crippen molar-refractivity contribution in [2.24, 2.45) is 5.41 Å². The Morgan fingerprint density at radius 2 is 1.91 bits per heavy atom. The zero-order valence-electron chi connectivity index (χ0n) is 12.2. The summed E-state index contributed by atoms with van der Waals surface area (Å²) >= 11 is 11.9. The Hall–Kier alpha value is -1.72. The molecular formula is C15H17Cl2NO4. The molecule has 1 amide bonds. The quantitative estimate of drug-likeness (QED) is 0.762. The molecule has 0 saturated heterocycles. The van der Waals surface area contributed by atoms with E-state index in [9.17, 15) is 14.7 Å². The van der Waals surface area contributed by atoms with Crippen molar-refractivity contribution in [2.45, 2.75) is 19.9 Å². The molecule has 0 aliphatic carbocycles. The minimum Gasteiger partial charge on any atom is -0.481 e. The first-order chi connectivity index (χ1) is 10.2. The molecule has 0 aliphatic heterocycles. The number of aliphatic carboxylic acids is 1. The highest BCUT2D eigenvalue weighted by atomic mass is 35.5. The first kappa shape index (κ1) is 18.3. The van der Waals surface area contributed by atoms with Crippen LogP contribution in [0.4, 0.5) is 4.79 Å². The predicted molar refractivity (Wildman–Crippen MR) is 85.3 cm³/mol. The van der Waals surface area contributed by atoms with Gasteiger partial charge >= 0.3 is 12.1 Å². The van der Waals surface area contributed by atoms with Crippen molar-refractivity contribution in [2.75, 3.05) is 6.61 Å². The lowest BCUT2D eigenvalue weighted by atomic mass is 9.80. The van der Waals surface area contributed by atoms with Crippen LogP contribution >= 0.6 is 23.2 Å². The number of alkyl carbamates (subject to hydrolysis) is 1. The Morgan fingerprint density at radius 1 is 1.36 bits per heavy atom. The molecule has 0 radical (unpaired) electrons. The van der Waals surface area contributed by atoms with Gasteiger partial charge < -0.3 is 15.2 Å². The fourth-order valence-electron chi connectivity index (χ4n) is 1.84. The predicted octanol–water partition coefficient (Wildman–Crippen LogP) is 4.06. The molecule has 120 valence electrons. The largest absolute Gasteiger partial charge is 0.481 e. The lowest BCUT2D eigenvalue weighted by Gasteiger charge is -2.31. The number of ether oxygens (including phenoxy) is 1. The van der Waals surface area contributed by atoms with Gasteiger partial charge in [-0.1, -0.05) is 35.9 Å². The maximum Gasteiger partial charge on any atom is 0.407 e. The molecule has 1 unspecified atom stereocenters. The number of hydrogen-bond donors (Lipinski definition) is 2. The smallest absolute Gasteiger partial charge is 0.407 e. The van der Waals surface area contributed by atoms with E-state index in [0.29, 0.717) is 15.6 Å². The zero-order chi connectivity index (χ0) is 16.9. The van der Waals surface area contributed by atoms with E-state index in [4.69, 9.17) is 27.9 Å². The molecule has 1 aromatic rings. The minimum atomic E-state index is -1.30. The summed E-state index contributed by atoms with van der Waals surface area (Å²) in [5, 5.41) is 12.6. The summed E-state index contributed by atoms with van der Waals surface area (Å²) in [6.45, 7) is 6.43. The number of nitrogens with one attached hydrogen (secondary N) is 1.